The summed E-state index contributed by atoms with van der Waals surface area (Å²) in [4.78, 5) is 20.4. The number of hydrogen-bond acceptors (Lipinski definition) is 7. The molecule has 0 aliphatic carbocycles. The zero-order chi connectivity index (χ0) is 19.9. The van der Waals surface area contributed by atoms with Crippen molar-refractivity contribution in [2.75, 3.05) is 23.1 Å². The highest BCUT2D eigenvalue weighted by molar-refractivity contribution is 6.30. The van der Waals surface area contributed by atoms with E-state index in [9.17, 15) is 4.79 Å². The standard InChI is InChI=1S/C19H19ClN6O2/c1-2-28-15-9-7-14(8-10-15)24-17-16(21)18(23-11-22-17)25-26-19(27)12-3-5-13(20)6-4-12/h3-11H,2,21H2,1H3,(H,26,27)(H2,22,23,24,25). The number of ether oxygens (including phenoxy) is 1. The van der Waals surface area contributed by atoms with Gasteiger partial charge in [-0.2, -0.15) is 0 Å². The number of hydrazine groups is 1. The molecule has 0 bridgehead atoms. The molecule has 0 saturated heterocycles. The molecule has 3 aromatic rings. The number of hydrogen-bond donors (Lipinski definition) is 4. The van der Waals surface area contributed by atoms with Crippen LogP contribution in [0.1, 0.15) is 17.3 Å². The fourth-order valence-electron chi connectivity index (χ4n) is 2.32. The number of carbonyl (C=O) groups excluding carboxylic acids is 1. The number of nitrogens with one attached hydrogen (secondary N) is 3. The van der Waals surface area contributed by atoms with Crippen LogP contribution < -0.4 is 26.6 Å². The molecule has 0 fully saturated rings. The molecule has 8 nitrogen and oxygen atoms in total. The number of nitrogens with zero attached hydrogens (tertiary/aromatic N) is 2. The lowest BCUT2D eigenvalue weighted by Crippen LogP contribution is -2.30. The van der Waals surface area contributed by atoms with Gasteiger partial charge in [-0.15, -0.1) is 0 Å². The van der Waals surface area contributed by atoms with Gasteiger partial charge in [-0.1, -0.05) is 11.6 Å². The third kappa shape index (κ3) is 4.80. The van der Waals surface area contributed by atoms with Crippen molar-refractivity contribution in [2.24, 2.45) is 0 Å². The second-order valence-corrected chi connectivity index (χ2v) is 6.09. The molecule has 9 heteroatoms. The molecule has 0 saturated carbocycles. The lowest BCUT2D eigenvalue weighted by atomic mass is 10.2. The van der Waals surface area contributed by atoms with Crippen molar-refractivity contribution in [3.8, 4) is 5.75 Å². The third-order valence-electron chi connectivity index (χ3n) is 3.71. The summed E-state index contributed by atoms with van der Waals surface area (Å²) >= 11 is 5.82. The Balaban J connectivity index is 1.66. The molecule has 2 aromatic carbocycles. The van der Waals surface area contributed by atoms with Gasteiger partial charge in [0.25, 0.3) is 5.91 Å². The zero-order valence-corrected chi connectivity index (χ0v) is 15.8. The summed E-state index contributed by atoms with van der Waals surface area (Å²) in [6.45, 7) is 2.52. The summed E-state index contributed by atoms with van der Waals surface area (Å²) in [6, 6.07) is 13.9. The summed E-state index contributed by atoms with van der Waals surface area (Å²) in [5.41, 5.74) is 12.8. The number of carbonyl (C=O) groups is 1. The largest absolute Gasteiger partial charge is 0.494 e. The van der Waals surface area contributed by atoms with Crippen molar-refractivity contribution < 1.29 is 9.53 Å². The molecule has 1 amide bonds. The summed E-state index contributed by atoms with van der Waals surface area (Å²) < 4.78 is 5.42. The van der Waals surface area contributed by atoms with Crippen LogP contribution in [0.25, 0.3) is 0 Å². The van der Waals surface area contributed by atoms with Crippen molar-refractivity contribution in [2.45, 2.75) is 6.92 Å². The number of aromatic nitrogens is 2. The maximum atomic E-state index is 12.2. The Morgan fingerprint density at radius 2 is 1.75 bits per heavy atom. The van der Waals surface area contributed by atoms with E-state index >= 15 is 0 Å². The SMILES string of the molecule is CCOc1ccc(Nc2ncnc(NNC(=O)c3ccc(Cl)cc3)c2N)cc1. The quantitative estimate of drug-likeness (QED) is 0.449. The smallest absolute Gasteiger partial charge is 0.269 e. The number of nitrogen functional groups attached to an aromatic ring is 1. The Hall–Kier alpha value is -3.52. The molecule has 1 aromatic heterocycles. The Morgan fingerprint density at radius 3 is 2.43 bits per heavy atom. The highest BCUT2D eigenvalue weighted by atomic mass is 35.5. The topological polar surface area (TPSA) is 114 Å². The fraction of sp³-hybridized carbons (Fsp3) is 0.105. The molecule has 0 atom stereocenters. The highest BCUT2D eigenvalue weighted by Gasteiger charge is 2.10. The van der Waals surface area contributed by atoms with Crippen molar-refractivity contribution >= 4 is 40.5 Å². The summed E-state index contributed by atoms with van der Waals surface area (Å²) in [6.07, 6.45) is 1.34. The van der Waals surface area contributed by atoms with E-state index in [0.29, 0.717) is 23.0 Å². The van der Waals surface area contributed by atoms with E-state index in [2.05, 4.69) is 26.1 Å². The minimum Gasteiger partial charge on any atom is -0.494 e. The second kappa shape index (κ2) is 8.92. The molecule has 0 aliphatic rings. The lowest BCUT2D eigenvalue weighted by molar-refractivity contribution is 0.0962. The van der Waals surface area contributed by atoms with Gasteiger partial charge in [-0.3, -0.25) is 15.6 Å². The molecular weight excluding hydrogens is 380 g/mol. The van der Waals surface area contributed by atoms with Gasteiger partial charge in [0.1, 0.15) is 17.8 Å². The zero-order valence-electron chi connectivity index (χ0n) is 15.1. The van der Waals surface area contributed by atoms with Gasteiger partial charge in [-0.05, 0) is 55.5 Å². The average molecular weight is 399 g/mol. The molecule has 5 N–H and O–H groups in total. The average Bonchev–Trinajstić information content (AvgIpc) is 2.70. The summed E-state index contributed by atoms with van der Waals surface area (Å²) in [7, 11) is 0. The number of halogens is 1. The van der Waals surface area contributed by atoms with E-state index in [1.165, 1.54) is 6.33 Å². The van der Waals surface area contributed by atoms with Crippen LogP contribution in [0.15, 0.2) is 54.9 Å². The fourth-order valence-corrected chi connectivity index (χ4v) is 2.45. The van der Waals surface area contributed by atoms with Crippen molar-refractivity contribution in [1.29, 1.82) is 0 Å². The van der Waals surface area contributed by atoms with E-state index in [1.54, 1.807) is 24.3 Å². The van der Waals surface area contributed by atoms with E-state index in [4.69, 9.17) is 22.1 Å². The first-order chi connectivity index (χ1) is 13.6. The third-order valence-corrected chi connectivity index (χ3v) is 3.96. The van der Waals surface area contributed by atoms with Gasteiger partial charge in [0.2, 0.25) is 0 Å². The molecule has 0 spiro atoms. The molecule has 28 heavy (non-hydrogen) atoms. The van der Waals surface area contributed by atoms with Gasteiger partial charge in [0, 0.05) is 16.3 Å². The first-order valence-electron chi connectivity index (χ1n) is 8.49. The first-order valence-corrected chi connectivity index (χ1v) is 8.87. The predicted octanol–water partition coefficient (Wildman–Crippen LogP) is 3.61. The normalized spacial score (nSPS) is 10.2. The second-order valence-electron chi connectivity index (χ2n) is 5.65. The monoisotopic (exact) mass is 398 g/mol. The van der Waals surface area contributed by atoms with E-state index < -0.39 is 0 Å². The highest BCUT2D eigenvalue weighted by Crippen LogP contribution is 2.26. The van der Waals surface area contributed by atoms with Crippen molar-refractivity contribution in [3.05, 3.63) is 65.4 Å². The van der Waals surface area contributed by atoms with Gasteiger partial charge in [-0.25, -0.2) is 9.97 Å². The van der Waals surface area contributed by atoms with Gasteiger partial charge >= 0.3 is 0 Å². The number of anilines is 4. The van der Waals surface area contributed by atoms with Gasteiger partial charge in [0.05, 0.1) is 6.61 Å². The van der Waals surface area contributed by atoms with Crippen LogP contribution in [-0.2, 0) is 0 Å². The number of nitrogens with two attached hydrogens (primary N) is 1. The van der Waals surface area contributed by atoms with E-state index in [1.807, 2.05) is 31.2 Å². The molecule has 0 radical (unpaired) electrons. The van der Waals surface area contributed by atoms with Crippen LogP contribution in [0.3, 0.4) is 0 Å². The van der Waals surface area contributed by atoms with Gasteiger partial charge < -0.3 is 15.8 Å². The number of benzene rings is 2. The van der Waals surface area contributed by atoms with Crippen molar-refractivity contribution in [3.63, 3.8) is 0 Å². The molecular formula is C19H19ClN6O2. The molecule has 144 valence electrons. The maximum Gasteiger partial charge on any atom is 0.269 e. The maximum absolute atomic E-state index is 12.2. The van der Waals surface area contributed by atoms with Crippen LogP contribution in [-0.4, -0.2) is 22.5 Å². The summed E-state index contributed by atoms with van der Waals surface area (Å²) in [5, 5.41) is 3.66. The summed E-state index contributed by atoms with van der Waals surface area (Å²) in [5.74, 6) is 1.10. The van der Waals surface area contributed by atoms with Crippen LogP contribution >= 0.6 is 11.6 Å². The minimum atomic E-state index is -0.351. The predicted molar refractivity (Wildman–Crippen MR) is 110 cm³/mol. The minimum absolute atomic E-state index is 0.257. The van der Waals surface area contributed by atoms with E-state index in [-0.39, 0.29) is 17.4 Å². The molecule has 3 rings (SSSR count). The number of rotatable bonds is 7. The van der Waals surface area contributed by atoms with Crippen molar-refractivity contribution in [1.82, 2.24) is 15.4 Å². The Labute approximate surface area is 167 Å². The number of amides is 1. The lowest BCUT2D eigenvalue weighted by Gasteiger charge is -2.13. The molecule has 0 unspecified atom stereocenters. The Kier molecular flexibility index (Phi) is 6.13. The molecule has 0 aliphatic heterocycles. The Bertz CT molecular complexity index is 948. The van der Waals surface area contributed by atoms with Crippen LogP contribution in [0, 0.1) is 0 Å². The van der Waals surface area contributed by atoms with E-state index in [0.717, 1.165) is 11.4 Å². The van der Waals surface area contributed by atoms with Crippen LogP contribution in [0.5, 0.6) is 5.75 Å². The van der Waals surface area contributed by atoms with Crippen LogP contribution in [0.4, 0.5) is 23.0 Å². The van der Waals surface area contributed by atoms with Gasteiger partial charge in [0.15, 0.2) is 11.6 Å². The first kappa shape index (κ1) is 19.2. The Morgan fingerprint density at radius 1 is 1.07 bits per heavy atom. The van der Waals surface area contributed by atoms with Crippen LogP contribution in [0.2, 0.25) is 5.02 Å². The molecule has 1 heterocycles.